The fourth-order valence-electron chi connectivity index (χ4n) is 17.0. The Morgan fingerprint density at radius 1 is 0.867 bits per heavy atom. The van der Waals surface area contributed by atoms with Crippen LogP contribution in [-0.2, 0) is 19.1 Å². The summed E-state index contributed by atoms with van der Waals surface area (Å²) in [6.45, 7) is 21.7. The van der Waals surface area contributed by atoms with Crippen LogP contribution in [0.2, 0.25) is 0 Å². The molecule has 1 saturated heterocycles. The molecule has 0 radical (unpaired) electrons. The number of aromatic nitrogens is 3. The van der Waals surface area contributed by atoms with Gasteiger partial charge in [0, 0.05) is 35.3 Å². The number of rotatable bonds is 7. The molecule has 14 atom stereocenters. The smallest absolute Gasteiger partial charge is 0.309 e. The molecule has 1 spiro atoms. The van der Waals surface area contributed by atoms with Gasteiger partial charge in [-0.2, -0.15) is 0 Å². The minimum Gasteiger partial charge on any atom is -0.481 e. The number of fused-ring (bicyclic) bond motifs is 6. The molecule has 2 aromatic heterocycles. The lowest BCUT2D eigenvalue weighted by molar-refractivity contribution is -0.276. The van der Waals surface area contributed by atoms with Gasteiger partial charge in [-0.3, -0.25) is 19.4 Å². The molecule has 2 N–H and O–H groups in total. The number of aromatic amines is 1. The van der Waals surface area contributed by atoms with Crippen molar-refractivity contribution in [2.24, 2.45) is 73.4 Å². The van der Waals surface area contributed by atoms with E-state index in [1.165, 1.54) is 5.57 Å². The van der Waals surface area contributed by atoms with Gasteiger partial charge in [0.25, 0.3) is 0 Å². The highest BCUT2D eigenvalue weighted by Crippen LogP contribution is 2.82. The number of imidazole rings is 1. The topological polar surface area (TPSA) is 125 Å². The summed E-state index contributed by atoms with van der Waals surface area (Å²) in [5.41, 5.74) is 2.23. The summed E-state index contributed by atoms with van der Waals surface area (Å²) in [5.74, 6) is 0.954. The van der Waals surface area contributed by atoms with Crippen LogP contribution in [0.3, 0.4) is 0 Å². The average Bonchev–Trinajstić information content (AvgIpc) is 3.98. The predicted molar refractivity (Wildman–Crippen MR) is 230 cm³/mol. The van der Waals surface area contributed by atoms with Crippen LogP contribution in [0.4, 0.5) is 0 Å². The lowest BCUT2D eigenvalue weighted by Gasteiger charge is -2.77. The number of amides is 1. The van der Waals surface area contributed by atoms with Gasteiger partial charge in [-0.15, -0.1) is 0 Å². The van der Waals surface area contributed by atoms with Gasteiger partial charge in [0.15, 0.2) is 0 Å². The summed E-state index contributed by atoms with van der Waals surface area (Å²) < 4.78 is 6.53. The van der Waals surface area contributed by atoms with Crippen LogP contribution in [0.1, 0.15) is 144 Å². The average molecular weight is 817 g/mol. The SMILES string of the molecule is C=C(C)[C@@H]1CC[C@]2(C(=O)N3CCCC3c3ncc(-c4ccncc4)[nH]3)CC[C@]3(C)[C@H](CC[C@@H]4[C@@]5(C)CC[C@H](OC(=O)[C@H]6C[C@@H](C(=O)O)C6(C)C)C6(C)C=C[C@]65CC[C@]43C)[C@@H]12. The lowest BCUT2D eigenvalue weighted by Crippen LogP contribution is -2.73. The third-order valence-corrected chi connectivity index (χ3v) is 20.8. The van der Waals surface area contributed by atoms with Crippen molar-refractivity contribution in [3.05, 3.63) is 60.9 Å². The van der Waals surface area contributed by atoms with Gasteiger partial charge in [0.2, 0.25) is 5.91 Å². The molecule has 9 nitrogen and oxygen atoms in total. The Kier molecular flexibility index (Phi) is 8.83. The maximum Gasteiger partial charge on any atom is 0.309 e. The quantitative estimate of drug-likeness (QED) is 0.211. The predicted octanol–water partition coefficient (Wildman–Crippen LogP) is 10.4. The number of carbonyl (C=O) groups excluding carboxylic acids is 2. The second-order valence-corrected chi connectivity index (χ2v) is 22.8. The number of aliphatic carboxylic acids is 1. The summed E-state index contributed by atoms with van der Waals surface area (Å²) >= 11 is 0. The summed E-state index contributed by atoms with van der Waals surface area (Å²) in [7, 11) is 0. The Morgan fingerprint density at radius 2 is 1.62 bits per heavy atom. The molecule has 1 aliphatic heterocycles. The first-order valence-corrected chi connectivity index (χ1v) is 23.4. The molecule has 322 valence electrons. The van der Waals surface area contributed by atoms with E-state index >= 15 is 4.79 Å². The Labute approximate surface area is 357 Å². The van der Waals surface area contributed by atoms with Crippen LogP contribution in [0.5, 0.6) is 0 Å². The highest BCUT2D eigenvalue weighted by molar-refractivity contribution is 5.85. The Morgan fingerprint density at radius 3 is 2.30 bits per heavy atom. The first kappa shape index (κ1) is 40.3. The molecule has 7 aliphatic carbocycles. The second-order valence-electron chi connectivity index (χ2n) is 22.8. The minimum atomic E-state index is -0.821. The number of hydrogen-bond acceptors (Lipinski definition) is 6. The molecule has 8 aliphatic rings. The standard InChI is InChI=1S/C51H68N4O5/c1-30(2)32-13-18-50(44(59)55-27-9-10-37(55)41-53-29-36(54-41)31-15-25-52-26-16-31)22-19-46(5)33(40(32)50)11-12-38-47(46,6)20-23-51-24-21-49(51,8)39(14-17-48(38,51)7)60-43(58)35-28-34(42(56)57)45(35,3)4/h15-16,21,24-26,29,32-35,37-40H,1,9-14,17-20,22-23,27-28H2,2-8H3,(H,53,54)(H,56,57)/t32-,33+,34-,35+,37?,38-,39-,40+,46+,47+,48+,49?,50-,51-/m0/s1. The zero-order valence-corrected chi connectivity index (χ0v) is 37.2. The molecule has 60 heavy (non-hydrogen) atoms. The van der Waals surface area contributed by atoms with Crippen molar-refractivity contribution in [2.75, 3.05) is 6.54 Å². The van der Waals surface area contributed by atoms with E-state index in [0.29, 0.717) is 30.1 Å². The number of allylic oxidation sites excluding steroid dienone is 2. The van der Waals surface area contributed by atoms with Crippen LogP contribution in [-0.4, -0.2) is 55.5 Å². The van der Waals surface area contributed by atoms with Gasteiger partial charge in [0.1, 0.15) is 11.9 Å². The van der Waals surface area contributed by atoms with Gasteiger partial charge in [0.05, 0.1) is 35.2 Å². The van der Waals surface area contributed by atoms with Crippen molar-refractivity contribution < 1.29 is 24.2 Å². The van der Waals surface area contributed by atoms with Gasteiger partial charge < -0.3 is 19.7 Å². The summed E-state index contributed by atoms with van der Waals surface area (Å²) in [5, 5.41) is 9.74. The molecular formula is C51H68N4O5. The fourth-order valence-corrected chi connectivity index (χ4v) is 17.0. The number of nitrogens with one attached hydrogen (secondary N) is 1. The van der Waals surface area contributed by atoms with E-state index < -0.39 is 17.3 Å². The highest BCUT2D eigenvalue weighted by Gasteiger charge is 2.77. The number of carboxylic acid groups (broad SMARTS) is 1. The minimum absolute atomic E-state index is 0.0378. The molecule has 0 bridgehead atoms. The van der Waals surface area contributed by atoms with E-state index in [9.17, 15) is 14.7 Å². The van der Waals surface area contributed by atoms with Gasteiger partial charge in [-0.05, 0) is 148 Å². The van der Waals surface area contributed by atoms with Crippen LogP contribution >= 0.6 is 0 Å². The Balaban J connectivity index is 0.922. The largest absolute Gasteiger partial charge is 0.481 e. The molecular weight excluding hydrogens is 749 g/mol. The summed E-state index contributed by atoms with van der Waals surface area (Å²) in [4.78, 5) is 56.1. The molecule has 2 unspecified atom stereocenters. The Hall–Kier alpha value is -3.75. The van der Waals surface area contributed by atoms with E-state index in [1.54, 1.807) is 12.4 Å². The zero-order chi connectivity index (χ0) is 42.4. The van der Waals surface area contributed by atoms with E-state index in [2.05, 4.69) is 68.2 Å². The van der Waals surface area contributed by atoms with E-state index in [1.807, 2.05) is 32.2 Å². The molecule has 10 rings (SSSR count). The third-order valence-electron chi connectivity index (χ3n) is 20.8. The number of hydrogen-bond donors (Lipinski definition) is 2. The number of esters is 1. The van der Waals surface area contributed by atoms with Crippen LogP contribution in [0.15, 0.2) is 55.0 Å². The maximum atomic E-state index is 15.6. The number of pyridine rings is 1. The number of nitrogens with zero attached hydrogens (tertiary/aromatic N) is 3. The number of H-pyrrole nitrogens is 1. The summed E-state index contributed by atoms with van der Waals surface area (Å²) in [6, 6.07) is 3.96. The van der Waals surface area contributed by atoms with Crippen molar-refractivity contribution in [1.82, 2.24) is 19.9 Å². The van der Waals surface area contributed by atoms with Crippen LogP contribution in [0, 0.1) is 73.4 Å². The number of ether oxygens (including phenoxy) is 1. The lowest BCUT2D eigenvalue weighted by atomic mass is 9.27. The highest BCUT2D eigenvalue weighted by atomic mass is 16.5. The molecule has 1 amide bonds. The van der Waals surface area contributed by atoms with Crippen molar-refractivity contribution in [3.8, 4) is 11.3 Å². The summed E-state index contributed by atoms with van der Waals surface area (Å²) in [6.07, 6.45) is 22.8. The molecule has 0 aromatic carbocycles. The fraction of sp³-hybridized carbons (Fsp3) is 0.706. The van der Waals surface area contributed by atoms with Crippen molar-refractivity contribution in [1.29, 1.82) is 0 Å². The van der Waals surface area contributed by atoms with Crippen LogP contribution < -0.4 is 0 Å². The molecule has 6 saturated carbocycles. The van der Waals surface area contributed by atoms with Gasteiger partial charge in [-0.25, -0.2) is 4.98 Å². The van der Waals surface area contributed by atoms with Crippen molar-refractivity contribution >= 4 is 17.8 Å². The van der Waals surface area contributed by atoms with E-state index in [4.69, 9.17) is 9.72 Å². The maximum absolute atomic E-state index is 15.6. The first-order chi connectivity index (χ1) is 28.4. The van der Waals surface area contributed by atoms with Gasteiger partial charge in [-0.1, -0.05) is 65.8 Å². The molecule has 3 heterocycles. The van der Waals surface area contributed by atoms with E-state index in [0.717, 1.165) is 101 Å². The second kappa shape index (κ2) is 13.1. The number of carbonyl (C=O) groups is 3. The van der Waals surface area contributed by atoms with Gasteiger partial charge >= 0.3 is 11.9 Å². The third kappa shape index (κ3) is 4.95. The molecule has 7 fully saturated rings. The zero-order valence-electron chi connectivity index (χ0n) is 37.2. The first-order valence-electron chi connectivity index (χ1n) is 23.4. The molecule has 9 heteroatoms. The number of carboxylic acids is 1. The molecule has 2 aromatic rings. The van der Waals surface area contributed by atoms with Crippen molar-refractivity contribution in [3.63, 3.8) is 0 Å². The van der Waals surface area contributed by atoms with E-state index in [-0.39, 0.29) is 62.4 Å². The van der Waals surface area contributed by atoms with Crippen molar-refractivity contribution in [2.45, 2.75) is 144 Å². The van der Waals surface area contributed by atoms with Crippen LogP contribution in [0.25, 0.3) is 11.3 Å². The monoisotopic (exact) mass is 817 g/mol. The number of likely N-dealkylation sites (tertiary alicyclic amines) is 1. The normalized spacial score (nSPS) is 45.8. The Bertz CT molecular complexity index is 2160.